The van der Waals surface area contributed by atoms with E-state index < -0.39 is 0 Å². The first kappa shape index (κ1) is 14.1. The first-order chi connectivity index (χ1) is 9.29. The number of rotatable bonds is 5. The second-order valence-corrected chi connectivity index (χ2v) is 5.15. The summed E-state index contributed by atoms with van der Waals surface area (Å²) < 4.78 is 0. The molecule has 0 unspecified atom stereocenters. The van der Waals surface area contributed by atoms with E-state index in [9.17, 15) is 4.79 Å². The maximum atomic E-state index is 12.1. The van der Waals surface area contributed by atoms with E-state index in [1.807, 2.05) is 11.0 Å². The first-order valence-corrected chi connectivity index (χ1v) is 7.33. The van der Waals surface area contributed by atoms with Crippen molar-refractivity contribution in [2.24, 2.45) is 0 Å². The predicted octanol–water partition coefficient (Wildman–Crippen LogP) is 2.17. The van der Waals surface area contributed by atoms with E-state index in [0.717, 1.165) is 45.6 Å². The van der Waals surface area contributed by atoms with Gasteiger partial charge in [0.15, 0.2) is 0 Å². The molecule has 1 heterocycles. The van der Waals surface area contributed by atoms with Gasteiger partial charge in [-0.1, -0.05) is 37.3 Å². The van der Waals surface area contributed by atoms with Crippen LogP contribution in [0.5, 0.6) is 0 Å². The molecule has 3 heteroatoms. The number of likely N-dealkylation sites (N-methyl/N-ethyl adjacent to an activating group) is 1. The maximum Gasteiger partial charge on any atom is 0.222 e. The molecule has 0 N–H and O–H groups in total. The van der Waals surface area contributed by atoms with Gasteiger partial charge in [-0.3, -0.25) is 4.79 Å². The van der Waals surface area contributed by atoms with Crippen molar-refractivity contribution in [2.45, 2.75) is 26.2 Å². The predicted molar refractivity (Wildman–Crippen MR) is 78.1 cm³/mol. The Kier molecular flexibility index (Phi) is 5.40. The van der Waals surface area contributed by atoms with Gasteiger partial charge in [-0.05, 0) is 24.9 Å². The fourth-order valence-corrected chi connectivity index (χ4v) is 2.56. The second kappa shape index (κ2) is 7.29. The summed E-state index contributed by atoms with van der Waals surface area (Å²) in [7, 11) is 0. The topological polar surface area (TPSA) is 23.6 Å². The Hall–Kier alpha value is -1.35. The molecule has 0 aromatic heterocycles. The highest BCUT2D eigenvalue weighted by atomic mass is 16.2. The van der Waals surface area contributed by atoms with Crippen molar-refractivity contribution in [1.29, 1.82) is 0 Å². The molecule has 0 aliphatic carbocycles. The van der Waals surface area contributed by atoms with E-state index in [2.05, 4.69) is 36.1 Å². The molecule has 104 valence electrons. The summed E-state index contributed by atoms with van der Waals surface area (Å²) >= 11 is 0. The second-order valence-electron chi connectivity index (χ2n) is 5.15. The van der Waals surface area contributed by atoms with Crippen molar-refractivity contribution in [1.82, 2.24) is 9.80 Å². The first-order valence-electron chi connectivity index (χ1n) is 7.33. The van der Waals surface area contributed by atoms with Gasteiger partial charge in [0.05, 0.1) is 0 Å². The average molecular weight is 260 g/mol. The summed E-state index contributed by atoms with van der Waals surface area (Å²) in [4.78, 5) is 16.5. The lowest BCUT2D eigenvalue weighted by Gasteiger charge is -2.34. The Labute approximate surface area is 116 Å². The highest BCUT2D eigenvalue weighted by molar-refractivity contribution is 5.76. The Morgan fingerprint density at radius 1 is 1.11 bits per heavy atom. The van der Waals surface area contributed by atoms with Crippen LogP contribution >= 0.6 is 0 Å². The van der Waals surface area contributed by atoms with E-state index in [1.54, 1.807) is 0 Å². The van der Waals surface area contributed by atoms with E-state index >= 15 is 0 Å². The molecule has 1 aliphatic rings. The van der Waals surface area contributed by atoms with E-state index in [1.165, 1.54) is 5.56 Å². The van der Waals surface area contributed by atoms with Crippen LogP contribution in [0.15, 0.2) is 30.3 Å². The zero-order valence-corrected chi connectivity index (χ0v) is 11.8. The molecule has 3 nitrogen and oxygen atoms in total. The molecule has 2 rings (SSSR count). The number of hydrogen-bond acceptors (Lipinski definition) is 2. The Morgan fingerprint density at radius 3 is 2.42 bits per heavy atom. The largest absolute Gasteiger partial charge is 0.340 e. The van der Waals surface area contributed by atoms with Crippen LogP contribution in [0.3, 0.4) is 0 Å². The van der Waals surface area contributed by atoms with Crippen LogP contribution in [0.2, 0.25) is 0 Å². The molecule has 19 heavy (non-hydrogen) atoms. The summed E-state index contributed by atoms with van der Waals surface area (Å²) in [5.41, 5.74) is 1.33. The standard InChI is InChI=1S/C16H24N2O/c1-2-17-11-13-18(14-12-17)16(19)10-6-9-15-7-4-3-5-8-15/h3-5,7-8H,2,6,9-14H2,1H3. The molecule has 1 amide bonds. The molecule has 1 aromatic rings. The third-order valence-corrected chi connectivity index (χ3v) is 3.87. The Morgan fingerprint density at radius 2 is 1.79 bits per heavy atom. The lowest BCUT2D eigenvalue weighted by molar-refractivity contribution is -0.133. The highest BCUT2D eigenvalue weighted by Crippen LogP contribution is 2.08. The summed E-state index contributed by atoms with van der Waals surface area (Å²) in [5, 5.41) is 0. The molecule has 1 aliphatic heterocycles. The van der Waals surface area contributed by atoms with Crippen molar-refractivity contribution in [3.05, 3.63) is 35.9 Å². The molecule has 0 saturated carbocycles. The van der Waals surface area contributed by atoms with Gasteiger partial charge in [0.25, 0.3) is 0 Å². The van der Waals surface area contributed by atoms with E-state index in [-0.39, 0.29) is 0 Å². The van der Waals surface area contributed by atoms with Crippen LogP contribution in [-0.2, 0) is 11.2 Å². The van der Waals surface area contributed by atoms with Crippen molar-refractivity contribution < 1.29 is 4.79 Å². The fraction of sp³-hybridized carbons (Fsp3) is 0.562. The van der Waals surface area contributed by atoms with Gasteiger partial charge in [-0.15, -0.1) is 0 Å². The Balaban J connectivity index is 1.67. The van der Waals surface area contributed by atoms with Gasteiger partial charge < -0.3 is 9.80 Å². The molecule has 1 aromatic carbocycles. The third kappa shape index (κ3) is 4.35. The Bertz CT molecular complexity index is 383. The number of amides is 1. The minimum atomic E-state index is 0.326. The van der Waals surface area contributed by atoms with Crippen LogP contribution in [0, 0.1) is 0 Å². The van der Waals surface area contributed by atoms with Gasteiger partial charge in [-0.25, -0.2) is 0 Å². The SMILES string of the molecule is CCN1CCN(C(=O)CCCc2ccccc2)CC1. The number of aryl methyl sites for hydroxylation is 1. The van der Waals surface area contributed by atoms with E-state index in [0.29, 0.717) is 12.3 Å². The number of piperazine rings is 1. The third-order valence-electron chi connectivity index (χ3n) is 3.87. The normalized spacial score (nSPS) is 16.6. The van der Waals surface area contributed by atoms with E-state index in [4.69, 9.17) is 0 Å². The quantitative estimate of drug-likeness (QED) is 0.810. The monoisotopic (exact) mass is 260 g/mol. The van der Waals surface area contributed by atoms with Gasteiger partial charge in [-0.2, -0.15) is 0 Å². The molecular weight excluding hydrogens is 236 g/mol. The lowest BCUT2D eigenvalue weighted by atomic mass is 10.1. The average Bonchev–Trinajstić information content (AvgIpc) is 2.48. The van der Waals surface area contributed by atoms with Gasteiger partial charge in [0.1, 0.15) is 0 Å². The maximum absolute atomic E-state index is 12.1. The molecule has 1 fully saturated rings. The van der Waals surface area contributed by atoms with Crippen molar-refractivity contribution >= 4 is 5.91 Å². The molecule has 0 bridgehead atoms. The molecular formula is C16H24N2O. The van der Waals surface area contributed by atoms with Gasteiger partial charge in [0.2, 0.25) is 5.91 Å². The molecule has 0 spiro atoms. The smallest absolute Gasteiger partial charge is 0.222 e. The van der Waals surface area contributed by atoms with Crippen LogP contribution in [0.1, 0.15) is 25.3 Å². The number of carbonyl (C=O) groups excluding carboxylic acids is 1. The number of hydrogen-bond donors (Lipinski definition) is 0. The summed E-state index contributed by atoms with van der Waals surface area (Å²) in [6.07, 6.45) is 2.64. The minimum Gasteiger partial charge on any atom is -0.340 e. The summed E-state index contributed by atoms with van der Waals surface area (Å²) in [5.74, 6) is 0.326. The minimum absolute atomic E-state index is 0.326. The number of nitrogens with zero attached hydrogens (tertiary/aromatic N) is 2. The summed E-state index contributed by atoms with van der Waals surface area (Å²) in [6.45, 7) is 7.13. The zero-order valence-electron chi connectivity index (χ0n) is 11.8. The van der Waals surface area contributed by atoms with Crippen LogP contribution in [0.25, 0.3) is 0 Å². The van der Waals surface area contributed by atoms with Crippen LogP contribution in [0.4, 0.5) is 0 Å². The van der Waals surface area contributed by atoms with Gasteiger partial charge >= 0.3 is 0 Å². The van der Waals surface area contributed by atoms with Crippen molar-refractivity contribution in [3.63, 3.8) is 0 Å². The molecule has 0 atom stereocenters. The summed E-state index contributed by atoms with van der Waals surface area (Å²) in [6, 6.07) is 10.4. The fourth-order valence-electron chi connectivity index (χ4n) is 2.56. The molecule has 1 saturated heterocycles. The van der Waals surface area contributed by atoms with Crippen LogP contribution < -0.4 is 0 Å². The molecule has 0 radical (unpaired) electrons. The number of carbonyl (C=O) groups is 1. The van der Waals surface area contributed by atoms with Crippen molar-refractivity contribution in [2.75, 3.05) is 32.7 Å². The lowest BCUT2D eigenvalue weighted by Crippen LogP contribution is -2.48. The highest BCUT2D eigenvalue weighted by Gasteiger charge is 2.19. The van der Waals surface area contributed by atoms with Crippen molar-refractivity contribution in [3.8, 4) is 0 Å². The van der Waals surface area contributed by atoms with Crippen LogP contribution in [-0.4, -0.2) is 48.4 Å². The zero-order chi connectivity index (χ0) is 13.5. The number of benzene rings is 1. The van der Waals surface area contributed by atoms with Gasteiger partial charge in [0, 0.05) is 32.6 Å².